The van der Waals surface area contributed by atoms with E-state index >= 15 is 0 Å². The first-order valence-electron chi connectivity index (χ1n) is 15.1. The van der Waals surface area contributed by atoms with Crippen LogP contribution in [0.25, 0.3) is 0 Å². The van der Waals surface area contributed by atoms with Crippen LogP contribution in [0.1, 0.15) is 110 Å². The number of unbranched alkanes of at least 4 members (excludes halogenated alkanes) is 11. The lowest BCUT2D eigenvalue weighted by molar-refractivity contribution is -0.297. The topological polar surface area (TPSA) is 186 Å². The Hall–Kier alpha value is -1.35. The predicted molar refractivity (Wildman–Crippen MR) is 150 cm³/mol. The third-order valence-electron chi connectivity index (χ3n) is 6.94. The summed E-state index contributed by atoms with van der Waals surface area (Å²) in [4.78, 5) is 24.7. The minimum absolute atomic E-state index is 0.163. The molecule has 0 saturated carbocycles. The Morgan fingerprint density at radius 2 is 1.24 bits per heavy atom. The van der Waals surface area contributed by atoms with Crippen molar-refractivity contribution in [2.45, 2.75) is 147 Å². The van der Waals surface area contributed by atoms with Crippen LogP contribution < -0.4 is 0 Å². The lowest BCUT2D eigenvalue weighted by atomic mass is 10.00. The van der Waals surface area contributed by atoms with Crippen molar-refractivity contribution >= 4 is 22.1 Å². The fourth-order valence-electron chi connectivity index (χ4n) is 4.50. The summed E-state index contributed by atoms with van der Waals surface area (Å²) >= 11 is 0. The maximum Gasteiger partial charge on any atom is 0.306 e. The molecule has 6 atom stereocenters. The van der Waals surface area contributed by atoms with Crippen molar-refractivity contribution in [3.05, 3.63) is 0 Å². The Kier molecular flexibility index (Phi) is 19.6. The van der Waals surface area contributed by atoms with Crippen LogP contribution in [0.5, 0.6) is 0 Å². The molecule has 0 unspecified atom stereocenters. The van der Waals surface area contributed by atoms with Gasteiger partial charge in [-0.05, 0) is 12.8 Å². The minimum Gasteiger partial charge on any atom is -0.462 e. The fourth-order valence-corrected chi connectivity index (χ4v) is 5.19. The van der Waals surface area contributed by atoms with Gasteiger partial charge in [-0.15, -0.1) is 0 Å². The summed E-state index contributed by atoms with van der Waals surface area (Å²) in [6.07, 6.45) is 4.03. The van der Waals surface area contributed by atoms with E-state index in [0.717, 1.165) is 44.9 Å². The standard InChI is InChI=1S/C28H52O12S/c1-3-5-7-9-10-11-13-14-16-23(29)37-18-21(39-24(30)17-15-12-8-6-4-2)19-38-28-27(33)26(32)25(31)22(40-28)20-41(34,35)36/h21-22,25-28,31-33H,3-20H2,1-2H3,(H,34,35,36)/t21-,22-,25-,26+,27-,28-/m1/s1. The van der Waals surface area contributed by atoms with Gasteiger partial charge in [0, 0.05) is 12.8 Å². The molecule has 0 radical (unpaired) electrons. The van der Waals surface area contributed by atoms with Crippen LogP contribution in [0, 0.1) is 0 Å². The Labute approximate surface area is 244 Å². The molecule has 242 valence electrons. The molecule has 0 amide bonds. The Balaban J connectivity index is 2.63. The predicted octanol–water partition coefficient (Wildman–Crippen LogP) is 3.04. The summed E-state index contributed by atoms with van der Waals surface area (Å²) in [6, 6.07) is 0. The van der Waals surface area contributed by atoms with E-state index in [2.05, 4.69) is 13.8 Å². The number of rotatable bonds is 23. The average molecular weight is 613 g/mol. The van der Waals surface area contributed by atoms with E-state index in [4.69, 9.17) is 23.5 Å². The Bertz CT molecular complexity index is 821. The van der Waals surface area contributed by atoms with Gasteiger partial charge in [0.25, 0.3) is 10.1 Å². The number of hydrogen-bond acceptors (Lipinski definition) is 11. The van der Waals surface area contributed by atoms with E-state index in [9.17, 15) is 33.3 Å². The van der Waals surface area contributed by atoms with Crippen LogP contribution in [-0.2, 0) is 38.7 Å². The SMILES string of the molecule is CCCCCCCCCCC(=O)OC[C@H](CO[C@@H]1O[C@H](CS(=O)(=O)O)[C@@H](O)[C@H](O)[C@H]1O)OC(=O)CCCCCCC. The Morgan fingerprint density at radius 3 is 1.78 bits per heavy atom. The van der Waals surface area contributed by atoms with Crippen LogP contribution in [0.3, 0.4) is 0 Å². The monoisotopic (exact) mass is 612 g/mol. The summed E-state index contributed by atoms with van der Waals surface area (Å²) in [6.45, 7) is 3.55. The van der Waals surface area contributed by atoms with E-state index in [1.807, 2.05) is 0 Å². The molecule has 0 aromatic rings. The van der Waals surface area contributed by atoms with Crippen LogP contribution in [0.15, 0.2) is 0 Å². The van der Waals surface area contributed by atoms with Crippen molar-refractivity contribution in [2.24, 2.45) is 0 Å². The van der Waals surface area contributed by atoms with Gasteiger partial charge in [0.1, 0.15) is 36.8 Å². The lowest BCUT2D eigenvalue weighted by Gasteiger charge is -2.40. The van der Waals surface area contributed by atoms with Gasteiger partial charge >= 0.3 is 11.9 Å². The molecule has 1 aliphatic heterocycles. The molecule has 12 nitrogen and oxygen atoms in total. The van der Waals surface area contributed by atoms with E-state index in [-0.39, 0.29) is 19.4 Å². The maximum absolute atomic E-state index is 12.4. The van der Waals surface area contributed by atoms with Gasteiger partial charge < -0.3 is 34.3 Å². The van der Waals surface area contributed by atoms with Crippen LogP contribution >= 0.6 is 0 Å². The molecule has 1 saturated heterocycles. The van der Waals surface area contributed by atoms with E-state index in [1.54, 1.807) is 0 Å². The van der Waals surface area contributed by atoms with Gasteiger partial charge in [-0.3, -0.25) is 14.1 Å². The largest absolute Gasteiger partial charge is 0.462 e. The van der Waals surface area contributed by atoms with Crippen LogP contribution in [0.2, 0.25) is 0 Å². The highest BCUT2D eigenvalue weighted by atomic mass is 32.2. The zero-order valence-corrected chi connectivity index (χ0v) is 25.5. The number of ether oxygens (including phenoxy) is 4. The normalized spacial score (nSPS) is 23.7. The zero-order chi connectivity index (χ0) is 30.7. The minimum atomic E-state index is -4.58. The molecule has 0 aliphatic carbocycles. The highest BCUT2D eigenvalue weighted by Crippen LogP contribution is 2.23. The molecule has 0 aromatic carbocycles. The molecular formula is C28H52O12S. The van der Waals surface area contributed by atoms with Gasteiger partial charge in [-0.25, -0.2) is 0 Å². The average Bonchev–Trinajstić information content (AvgIpc) is 2.91. The summed E-state index contributed by atoms with van der Waals surface area (Å²) in [5, 5.41) is 30.4. The maximum atomic E-state index is 12.4. The smallest absolute Gasteiger partial charge is 0.306 e. The molecule has 1 heterocycles. The highest BCUT2D eigenvalue weighted by molar-refractivity contribution is 7.85. The first-order chi connectivity index (χ1) is 19.5. The van der Waals surface area contributed by atoms with Gasteiger partial charge in [0.15, 0.2) is 12.4 Å². The summed E-state index contributed by atoms with van der Waals surface area (Å²) < 4.78 is 53.1. The van der Waals surface area contributed by atoms with Gasteiger partial charge in [-0.1, -0.05) is 84.5 Å². The van der Waals surface area contributed by atoms with Crippen molar-refractivity contribution in [3.63, 3.8) is 0 Å². The first-order valence-corrected chi connectivity index (χ1v) is 16.7. The van der Waals surface area contributed by atoms with Crippen molar-refractivity contribution in [3.8, 4) is 0 Å². The molecule has 4 N–H and O–H groups in total. The van der Waals surface area contributed by atoms with Crippen LogP contribution in [-0.4, -0.2) is 96.0 Å². The molecule has 0 spiro atoms. The summed E-state index contributed by atoms with van der Waals surface area (Å²) in [5.74, 6) is -2.00. The quantitative estimate of drug-likeness (QED) is 0.0752. The molecule has 1 aliphatic rings. The number of hydrogen-bond donors (Lipinski definition) is 4. The van der Waals surface area contributed by atoms with Crippen molar-refractivity contribution in [2.75, 3.05) is 19.0 Å². The molecule has 0 bridgehead atoms. The molecule has 41 heavy (non-hydrogen) atoms. The second-order valence-corrected chi connectivity index (χ2v) is 12.3. The molecule has 1 fully saturated rings. The zero-order valence-electron chi connectivity index (χ0n) is 24.7. The van der Waals surface area contributed by atoms with Crippen LogP contribution in [0.4, 0.5) is 0 Å². The number of carbonyl (C=O) groups is 2. The molecule has 13 heteroatoms. The third kappa shape index (κ3) is 17.4. The van der Waals surface area contributed by atoms with Crippen molar-refractivity contribution in [1.82, 2.24) is 0 Å². The number of carbonyl (C=O) groups excluding carboxylic acids is 2. The van der Waals surface area contributed by atoms with Gasteiger partial charge in [-0.2, -0.15) is 8.42 Å². The molecule has 0 aromatic heterocycles. The second-order valence-electron chi connectivity index (χ2n) is 10.8. The molecule has 1 rings (SSSR count). The van der Waals surface area contributed by atoms with E-state index in [1.165, 1.54) is 25.7 Å². The Morgan fingerprint density at radius 1 is 0.732 bits per heavy atom. The fraction of sp³-hybridized carbons (Fsp3) is 0.929. The number of aliphatic hydroxyl groups excluding tert-OH is 3. The number of esters is 2. The third-order valence-corrected chi connectivity index (χ3v) is 7.69. The number of aliphatic hydroxyl groups is 3. The summed E-state index contributed by atoms with van der Waals surface area (Å²) in [7, 11) is -4.58. The van der Waals surface area contributed by atoms with Gasteiger partial charge in [0.2, 0.25) is 0 Å². The van der Waals surface area contributed by atoms with E-state index in [0.29, 0.717) is 12.8 Å². The second kappa shape index (κ2) is 21.4. The lowest BCUT2D eigenvalue weighted by Crippen LogP contribution is -2.60. The van der Waals surface area contributed by atoms with Crippen molar-refractivity contribution in [1.29, 1.82) is 0 Å². The van der Waals surface area contributed by atoms with Crippen molar-refractivity contribution < 1.29 is 56.8 Å². The highest BCUT2D eigenvalue weighted by Gasteiger charge is 2.46. The molecular weight excluding hydrogens is 560 g/mol. The van der Waals surface area contributed by atoms with Gasteiger partial charge in [0.05, 0.1) is 6.61 Å². The summed E-state index contributed by atoms with van der Waals surface area (Å²) in [5.41, 5.74) is 0. The first kappa shape index (κ1) is 37.7. The van der Waals surface area contributed by atoms with E-state index < -0.39 is 71.2 Å².